The molecule has 0 fully saturated rings. The van der Waals surface area contributed by atoms with Crippen molar-refractivity contribution in [1.29, 1.82) is 0 Å². The molecule has 0 unspecified atom stereocenters. The number of para-hydroxylation sites is 1. The third-order valence-corrected chi connectivity index (χ3v) is 3.38. The Morgan fingerprint density at radius 1 is 1.10 bits per heavy atom. The molecule has 4 heteroatoms. The highest BCUT2D eigenvalue weighted by Gasteiger charge is 2.13. The summed E-state index contributed by atoms with van der Waals surface area (Å²) in [5.74, 6) is -0.742. The van der Waals surface area contributed by atoms with Gasteiger partial charge in [-0.15, -0.1) is 0 Å². The number of benzene rings is 1. The summed E-state index contributed by atoms with van der Waals surface area (Å²) in [7, 11) is 4.11. The smallest absolute Gasteiger partial charge is 0.305 e. The van der Waals surface area contributed by atoms with E-state index >= 15 is 0 Å². The van der Waals surface area contributed by atoms with E-state index in [-0.39, 0.29) is 6.42 Å². The lowest BCUT2D eigenvalue weighted by atomic mass is 10.1. The van der Waals surface area contributed by atoms with Crippen LogP contribution in [0.3, 0.4) is 0 Å². The molecule has 0 aliphatic rings. The Morgan fingerprint density at radius 2 is 1.70 bits per heavy atom. The number of hydrogen-bond acceptors (Lipinski definition) is 3. The van der Waals surface area contributed by atoms with Gasteiger partial charge in [-0.2, -0.15) is 0 Å². The number of aryl methyl sites for hydroxylation is 2. The highest BCUT2D eigenvalue weighted by molar-refractivity contribution is 5.68. The van der Waals surface area contributed by atoms with Crippen LogP contribution in [0.15, 0.2) is 18.2 Å². The molecule has 4 nitrogen and oxygen atoms in total. The second kappa shape index (κ2) is 7.90. The molecule has 0 aromatic heterocycles. The first-order valence-electron chi connectivity index (χ1n) is 7.09. The topological polar surface area (TPSA) is 43.8 Å². The fraction of sp³-hybridized carbons (Fsp3) is 0.562. The van der Waals surface area contributed by atoms with E-state index in [2.05, 4.69) is 49.9 Å². The van der Waals surface area contributed by atoms with E-state index < -0.39 is 5.97 Å². The van der Waals surface area contributed by atoms with Gasteiger partial charge in [-0.1, -0.05) is 18.2 Å². The summed E-state index contributed by atoms with van der Waals surface area (Å²) in [6.07, 6.45) is 1.20. The summed E-state index contributed by atoms with van der Waals surface area (Å²) < 4.78 is 0. The molecule has 112 valence electrons. The largest absolute Gasteiger partial charge is 0.481 e. The Kier molecular flexibility index (Phi) is 6.52. The lowest BCUT2D eigenvalue weighted by Gasteiger charge is -2.28. The third kappa shape index (κ3) is 5.21. The van der Waals surface area contributed by atoms with Gasteiger partial charge in [0, 0.05) is 18.8 Å². The van der Waals surface area contributed by atoms with Gasteiger partial charge in [0.05, 0.1) is 6.42 Å². The van der Waals surface area contributed by atoms with Crippen LogP contribution >= 0.6 is 0 Å². The van der Waals surface area contributed by atoms with Crippen molar-refractivity contribution in [2.75, 3.05) is 38.6 Å². The number of carboxylic acid groups (broad SMARTS) is 1. The van der Waals surface area contributed by atoms with Crippen molar-refractivity contribution in [3.05, 3.63) is 29.3 Å². The van der Waals surface area contributed by atoms with Gasteiger partial charge >= 0.3 is 5.97 Å². The van der Waals surface area contributed by atoms with E-state index in [0.29, 0.717) is 6.54 Å². The standard InChI is InChI=1S/C16H26N2O2/c1-13-7-5-8-14(2)16(13)18(12-9-15(19)20)11-6-10-17(3)4/h5,7-8H,6,9-12H2,1-4H3,(H,19,20). The Bertz CT molecular complexity index is 424. The molecule has 0 spiro atoms. The van der Waals surface area contributed by atoms with Gasteiger partial charge in [-0.25, -0.2) is 0 Å². The van der Waals surface area contributed by atoms with E-state index in [0.717, 1.165) is 19.5 Å². The number of hydrogen-bond donors (Lipinski definition) is 1. The summed E-state index contributed by atoms with van der Waals surface area (Å²) >= 11 is 0. The van der Waals surface area contributed by atoms with E-state index in [4.69, 9.17) is 5.11 Å². The molecule has 0 amide bonds. The second-order valence-corrected chi connectivity index (χ2v) is 5.53. The highest BCUT2D eigenvalue weighted by atomic mass is 16.4. The predicted molar refractivity (Wildman–Crippen MR) is 83.6 cm³/mol. The van der Waals surface area contributed by atoms with Gasteiger partial charge in [0.1, 0.15) is 0 Å². The van der Waals surface area contributed by atoms with Crippen LogP contribution in [0.25, 0.3) is 0 Å². The molecule has 0 heterocycles. The molecule has 0 aliphatic heterocycles. The van der Waals surface area contributed by atoms with Gasteiger partial charge < -0.3 is 14.9 Å². The van der Waals surface area contributed by atoms with Crippen molar-refractivity contribution >= 4 is 11.7 Å². The first kappa shape index (κ1) is 16.5. The molecule has 0 atom stereocenters. The second-order valence-electron chi connectivity index (χ2n) is 5.53. The maximum absolute atomic E-state index is 10.9. The zero-order valence-electron chi connectivity index (χ0n) is 13.0. The first-order chi connectivity index (χ1) is 9.41. The summed E-state index contributed by atoms with van der Waals surface area (Å²) in [6.45, 7) is 6.63. The molecular weight excluding hydrogens is 252 g/mol. The van der Waals surface area contributed by atoms with Crippen LogP contribution in [0.4, 0.5) is 5.69 Å². The van der Waals surface area contributed by atoms with E-state index in [9.17, 15) is 4.79 Å². The average Bonchev–Trinajstić information content (AvgIpc) is 2.34. The van der Waals surface area contributed by atoms with Crippen LogP contribution < -0.4 is 4.90 Å². The summed E-state index contributed by atoms with van der Waals surface area (Å²) in [5.41, 5.74) is 3.60. The molecule has 0 bridgehead atoms. The van der Waals surface area contributed by atoms with Crippen molar-refractivity contribution < 1.29 is 9.90 Å². The van der Waals surface area contributed by atoms with Crippen LogP contribution in [0.2, 0.25) is 0 Å². The quantitative estimate of drug-likeness (QED) is 0.793. The third-order valence-electron chi connectivity index (χ3n) is 3.38. The lowest BCUT2D eigenvalue weighted by molar-refractivity contribution is -0.136. The summed E-state index contributed by atoms with van der Waals surface area (Å²) in [5, 5.41) is 8.93. The lowest BCUT2D eigenvalue weighted by Crippen LogP contribution is -2.30. The molecule has 0 saturated heterocycles. The maximum Gasteiger partial charge on any atom is 0.305 e. The van der Waals surface area contributed by atoms with Gasteiger partial charge in [-0.3, -0.25) is 4.79 Å². The van der Waals surface area contributed by atoms with Gasteiger partial charge in [0.25, 0.3) is 0 Å². The number of nitrogens with zero attached hydrogens (tertiary/aromatic N) is 2. The highest BCUT2D eigenvalue weighted by Crippen LogP contribution is 2.25. The number of carboxylic acids is 1. The first-order valence-corrected chi connectivity index (χ1v) is 7.09. The van der Waals surface area contributed by atoms with Gasteiger partial charge in [-0.05, 0) is 52.0 Å². The molecule has 1 aromatic rings. The van der Waals surface area contributed by atoms with E-state index in [1.54, 1.807) is 0 Å². The van der Waals surface area contributed by atoms with Crippen molar-refractivity contribution in [2.45, 2.75) is 26.7 Å². The SMILES string of the molecule is Cc1cccc(C)c1N(CCCN(C)C)CCC(=O)O. The van der Waals surface area contributed by atoms with Crippen LogP contribution in [-0.2, 0) is 4.79 Å². The number of anilines is 1. The monoisotopic (exact) mass is 278 g/mol. The summed E-state index contributed by atoms with van der Waals surface area (Å²) in [4.78, 5) is 15.2. The van der Waals surface area contributed by atoms with Crippen molar-refractivity contribution in [2.24, 2.45) is 0 Å². The fourth-order valence-corrected chi connectivity index (χ4v) is 2.45. The molecular formula is C16H26N2O2. The maximum atomic E-state index is 10.9. The van der Waals surface area contributed by atoms with Gasteiger partial charge in [0.2, 0.25) is 0 Å². The number of carbonyl (C=O) groups is 1. The fourth-order valence-electron chi connectivity index (χ4n) is 2.45. The molecule has 1 N–H and O–H groups in total. The van der Waals surface area contributed by atoms with Crippen molar-refractivity contribution in [1.82, 2.24) is 4.90 Å². The predicted octanol–water partition coefficient (Wildman–Crippen LogP) is 2.54. The van der Waals surface area contributed by atoms with Crippen LogP contribution in [0.5, 0.6) is 0 Å². The van der Waals surface area contributed by atoms with E-state index in [1.807, 2.05) is 6.07 Å². The average molecular weight is 278 g/mol. The molecule has 1 rings (SSSR count). The van der Waals surface area contributed by atoms with Gasteiger partial charge in [0.15, 0.2) is 0 Å². The number of rotatable bonds is 8. The minimum absolute atomic E-state index is 0.176. The van der Waals surface area contributed by atoms with Crippen LogP contribution in [0, 0.1) is 13.8 Å². The Morgan fingerprint density at radius 3 is 2.20 bits per heavy atom. The minimum Gasteiger partial charge on any atom is -0.481 e. The molecule has 1 aromatic carbocycles. The Balaban J connectivity index is 2.82. The zero-order chi connectivity index (χ0) is 15.1. The molecule has 0 aliphatic carbocycles. The normalized spacial score (nSPS) is 10.8. The van der Waals surface area contributed by atoms with Crippen molar-refractivity contribution in [3.8, 4) is 0 Å². The minimum atomic E-state index is -0.742. The summed E-state index contributed by atoms with van der Waals surface area (Å²) in [6, 6.07) is 6.22. The van der Waals surface area contributed by atoms with Crippen molar-refractivity contribution in [3.63, 3.8) is 0 Å². The molecule has 0 saturated carbocycles. The van der Waals surface area contributed by atoms with E-state index in [1.165, 1.54) is 16.8 Å². The van der Waals surface area contributed by atoms with Crippen LogP contribution in [0.1, 0.15) is 24.0 Å². The Labute approximate surface area is 122 Å². The Hall–Kier alpha value is -1.55. The van der Waals surface area contributed by atoms with Crippen LogP contribution in [-0.4, -0.2) is 49.7 Å². The molecule has 0 radical (unpaired) electrons. The molecule has 20 heavy (non-hydrogen) atoms. The zero-order valence-corrected chi connectivity index (χ0v) is 13.0. The number of aliphatic carboxylic acids is 1.